The fourth-order valence-corrected chi connectivity index (χ4v) is 5.71. The summed E-state index contributed by atoms with van der Waals surface area (Å²) in [5.41, 5.74) is 6.45. The average Bonchev–Trinajstić information content (AvgIpc) is 2.89. The molecule has 0 amide bonds. The van der Waals surface area contributed by atoms with Crippen LogP contribution in [0.1, 0.15) is 29.5 Å². The topological polar surface area (TPSA) is 57.8 Å². The van der Waals surface area contributed by atoms with E-state index in [1.54, 1.807) is 6.07 Å². The number of hydrogen-bond donors (Lipinski definition) is 1. The maximum Gasteiger partial charge on any atom is 0.250 e. The fourth-order valence-electron chi connectivity index (χ4n) is 5.71. The van der Waals surface area contributed by atoms with Crippen molar-refractivity contribution in [3.05, 3.63) is 75.6 Å². The van der Waals surface area contributed by atoms with Crippen LogP contribution in [0, 0.1) is 5.92 Å². The largest absolute Gasteiger partial charge is 0.456 e. The number of piperidine rings is 1. The monoisotopic (exact) mass is 471 g/mol. The molecule has 0 bridgehead atoms. The summed E-state index contributed by atoms with van der Waals surface area (Å²) in [4.78, 5) is 20.3. The van der Waals surface area contributed by atoms with Crippen LogP contribution in [0.4, 0.5) is 5.69 Å². The number of hydrogen-bond acceptors (Lipinski definition) is 5. The normalized spacial score (nSPS) is 18.6. The van der Waals surface area contributed by atoms with Gasteiger partial charge >= 0.3 is 0 Å². The molecule has 6 rings (SSSR count). The number of rotatable bonds is 4. The third kappa shape index (κ3) is 4.60. The van der Waals surface area contributed by atoms with Crippen LogP contribution in [0.5, 0.6) is 11.5 Å². The number of anilines is 1. The Bertz CT molecular complexity index is 1270. The van der Waals surface area contributed by atoms with Crippen LogP contribution < -0.4 is 15.2 Å². The molecule has 6 nitrogen and oxygen atoms in total. The van der Waals surface area contributed by atoms with E-state index in [9.17, 15) is 4.79 Å². The predicted octanol–water partition coefficient (Wildman–Crippen LogP) is 4.46. The number of likely N-dealkylation sites (tertiary alicyclic amines) is 1. The Kier molecular flexibility index (Phi) is 6.08. The van der Waals surface area contributed by atoms with E-state index in [0.717, 1.165) is 60.3 Å². The molecule has 3 aromatic rings. The van der Waals surface area contributed by atoms with Crippen molar-refractivity contribution in [2.24, 2.45) is 5.92 Å². The third-order valence-corrected chi connectivity index (χ3v) is 7.75. The van der Waals surface area contributed by atoms with E-state index < -0.39 is 0 Å². The van der Waals surface area contributed by atoms with Gasteiger partial charge in [0.25, 0.3) is 0 Å². The molecule has 3 aliphatic heterocycles. The van der Waals surface area contributed by atoms with Crippen molar-refractivity contribution >= 4 is 5.69 Å². The van der Waals surface area contributed by atoms with E-state index in [2.05, 4.69) is 58.2 Å². The minimum atomic E-state index is -0.0989. The van der Waals surface area contributed by atoms with Gasteiger partial charge in [-0.2, -0.15) is 0 Å². The Morgan fingerprint density at radius 2 is 1.80 bits per heavy atom. The number of H-pyrrole nitrogens is 1. The Morgan fingerprint density at radius 1 is 1.00 bits per heavy atom. The molecule has 0 saturated carbocycles. The van der Waals surface area contributed by atoms with Gasteiger partial charge in [-0.1, -0.05) is 24.3 Å². The second kappa shape index (κ2) is 9.51. The Morgan fingerprint density at radius 3 is 2.63 bits per heavy atom. The first-order valence-corrected chi connectivity index (χ1v) is 12.8. The molecule has 0 spiro atoms. The van der Waals surface area contributed by atoms with Crippen LogP contribution in [0.25, 0.3) is 11.3 Å². The first-order chi connectivity index (χ1) is 17.1. The predicted molar refractivity (Wildman–Crippen MR) is 139 cm³/mol. The molecule has 0 unspecified atom stereocenters. The number of aromatic amines is 1. The summed E-state index contributed by atoms with van der Waals surface area (Å²) in [7, 11) is 2.22. The molecular weight excluding hydrogens is 438 g/mol. The zero-order valence-electron chi connectivity index (χ0n) is 20.4. The summed E-state index contributed by atoms with van der Waals surface area (Å²) in [5.74, 6) is 2.53. The number of nitrogens with zero attached hydrogens (tertiary/aromatic N) is 2. The van der Waals surface area contributed by atoms with Gasteiger partial charge in [0.15, 0.2) is 0 Å². The fraction of sp³-hybridized carbons (Fsp3) is 0.414. The van der Waals surface area contributed by atoms with Crippen molar-refractivity contribution in [1.29, 1.82) is 0 Å². The summed E-state index contributed by atoms with van der Waals surface area (Å²) in [6.07, 6.45) is 4.49. The van der Waals surface area contributed by atoms with Crippen LogP contribution in [-0.2, 0) is 17.6 Å². The highest BCUT2D eigenvalue weighted by molar-refractivity contribution is 5.74. The van der Waals surface area contributed by atoms with E-state index in [-0.39, 0.29) is 5.56 Å². The van der Waals surface area contributed by atoms with Crippen molar-refractivity contribution in [2.75, 3.05) is 51.3 Å². The van der Waals surface area contributed by atoms with E-state index >= 15 is 0 Å². The molecule has 182 valence electrons. The number of ether oxygens (including phenoxy) is 2. The summed E-state index contributed by atoms with van der Waals surface area (Å²) < 4.78 is 12.1. The van der Waals surface area contributed by atoms with Crippen LogP contribution in [0.3, 0.4) is 0 Å². The Labute approximate surface area is 206 Å². The number of morpholine rings is 1. The molecule has 2 fully saturated rings. The number of nitrogens with one attached hydrogen (secondary N) is 1. The van der Waals surface area contributed by atoms with Crippen LogP contribution in [-0.4, -0.2) is 56.3 Å². The Hall–Kier alpha value is -3.09. The SMILES string of the molecule is CN1CCC(Cc2cccc3c2Cc2cccc(-c4cc(N5CCOCC5)cc(=O)[nH]4)c2O3)CC1. The summed E-state index contributed by atoms with van der Waals surface area (Å²) in [5, 5.41) is 0. The second-order valence-electron chi connectivity index (χ2n) is 10.1. The molecule has 3 aliphatic rings. The average molecular weight is 472 g/mol. The zero-order chi connectivity index (χ0) is 23.8. The van der Waals surface area contributed by atoms with E-state index in [4.69, 9.17) is 9.47 Å². The van der Waals surface area contributed by atoms with Gasteiger partial charge in [-0.15, -0.1) is 0 Å². The highest BCUT2D eigenvalue weighted by Crippen LogP contribution is 2.44. The standard InChI is InChI=1S/C29H33N3O3/c1-31-10-8-20(9-11-31)16-21-4-3-7-27-25(21)17-22-5-2-6-24(29(22)35-27)26-18-23(19-28(33)30-26)32-12-14-34-15-13-32/h2-7,18-20H,8-17H2,1H3,(H,30,33). The first-order valence-electron chi connectivity index (χ1n) is 12.8. The van der Waals surface area contributed by atoms with Gasteiger partial charge in [-0.05, 0) is 69.1 Å². The lowest BCUT2D eigenvalue weighted by Gasteiger charge is -2.30. The number of aromatic nitrogens is 1. The van der Waals surface area contributed by atoms with E-state index in [0.29, 0.717) is 13.2 Å². The Balaban J connectivity index is 1.31. The van der Waals surface area contributed by atoms with E-state index in [1.807, 2.05) is 6.07 Å². The third-order valence-electron chi connectivity index (χ3n) is 7.75. The molecule has 35 heavy (non-hydrogen) atoms. The number of fused-ring (bicyclic) bond motifs is 2. The van der Waals surface area contributed by atoms with Crippen LogP contribution in [0.2, 0.25) is 0 Å². The molecule has 0 radical (unpaired) electrons. The molecule has 1 N–H and O–H groups in total. The summed E-state index contributed by atoms with van der Waals surface area (Å²) >= 11 is 0. The molecule has 2 aromatic carbocycles. The van der Waals surface area contributed by atoms with Gasteiger partial charge in [0.05, 0.1) is 18.9 Å². The smallest absolute Gasteiger partial charge is 0.250 e. The maximum atomic E-state index is 12.6. The van der Waals surface area contributed by atoms with Crippen molar-refractivity contribution in [3.8, 4) is 22.8 Å². The summed E-state index contributed by atoms with van der Waals surface area (Å²) in [6.45, 7) is 5.32. The molecule has 4 heterocycles. The van der Waals surface area contributed by atoms with Gasteiger partial charge in [0, 0.05) is 48.0 Å². The van der Waals surface area contributed by atoms with Crippen LogP contribution >= 0.6 is 0 Å². The van der Waals surface area contributed by atoms with Crippen molar-refractivity contribution in [3.63, 3.8) is 0 Å². The van der Waals surface area contributed by atoms with Gasteiger partial charge in [-0.3, -0.25) is 4.79 Å². The van der Waals surface area contributed by atoms with Gasteiger partial charge < -0.3 is 24.3 Å². The number of pyridine rings is 1. The highest BCUT2D eigenvalue weighted by Gasteiger charge is 2.25. The van der Waals surface area contributed by atoms with Crippen LogP contribution in [0.15, 0.2) is 53.3 Å². The molecule has 0 aliphatic carbocycles. The van der Waals surface area contributed by atoms with Gasteiger partial charge in [-0.25, -0.2) is 0 Å². The minimum Gasteiger partial charge on any atom is -0.456 e. The second-order valence-corrected chi connectivity index (χ2v) is 10.1. The van der Waals surface area contributed by atoms with Gasteiger partial charge in [0.1, 0.15) is 11.5 Å². The minimum absolute atomic E-state index is 0.0989. The van der Waals surface area contributed by atoms with Crippen molar-refractivity contribution < 1.29 is 9.47 Å². The molecule has 0 atom stereocenters. The molecule has 6 heteroatoms. The lowest BCUT2D eigenvalue weighted by molar-refractivity contribution is 0.122. The van der Waals surface area contributed by atoms with Crippen molar-refractivity contribution in [2.45, 2.75) is 25.7 Å². The molecule has 2 saturated heterocycles. The maximum absolute atomic E-state index is 12.6. The number of benzene rings is 2. The van der Waals surface area contributed by atoms with Crippen molar-refractivity contribution in [1.82, 2.24) is 9.88 Å². The summed E-state index contributed by atoms with van der Waals surface area (Å²) in [6, 6.07) is 16.5. The lowest BCUT2D eigenvalue weighted by atomic mass is 9.86. The first kappa shape index (κ1) is 22.4. The zero-order valence-corrected chi connectivity index (χ0v) is 20.4. The molecular formula is C29H33N3O3. The molecule has 1 aromatic heterocycles. The number of para-hydroxylation sites is 1. The highest BCUT2D eigenvalue weighted by atomic mass is 16.5. The lowest BCUT2D eigenvalue weighted by Crippen LogP contribution is -2.36. The van der Waals surface area contributed by atoms with E-state index in [1.165, 1.54) is 42.6 Å². The quantitative estimate of drug-likeness (QED) is 0.476. The van der Waals surface area contributed by atoms with Gasteiger partial charge in [0.2, 0.25) is 5.56 Å².